The van der Waals surface area contributed by atoms with Crippen LogP contribution in [0, 0.1) is 5.82 Å². The van der Waals surface area contributed by atoms with E-state index < -0.39 is 30.2 Å². The van der Waals surface area contributed by atoms with E-state index in [1.54, 1.807) is 26.0 Å². The van der Waals surface area contributed by atoms with Gasteiger partial charge in [0.2, 0.25) is 0 Å². The Morgan fingerprint density at radius 2 is 1.82 bits per heavy atom. The monoisotopic (exact) mass is 576 g/mol. The van der Waals surface area contributed by atoms with Gasteiger partial charge in [-0.2, -0.15) is 13.2 Å². The predicted octanol–water partition coefficient (Wildman–Crippen LogP) is 4.32. The van der Waals surface area contributed by atoms with Crippen molar-refractivity contribution < 1.29 is 27.4 Å². The summed E-state index contributed by atoms with van der Waals surface area (Å²) < 4.78 is 63.7. The Morgan fingerprint density at radius 1 is 1.08 bits per heavy atom. The maximum Gasteiger partial charge on any atom is 0.408 e. The van der Waals surface area contributed by atoms with E-state index in [9.17, 15) is 22.7 Å². The van der Waals surface area contributed by atoms with Gasteiger partial charge >= 0.3 is 6.18 Å². The molecule has 4 aromatic rings. The molecule has 0 saturated carbocycles. The van der Waals surface area contributed by atoms with Crippen molar-refractivity contribution in [2.24, 2.45) is 5.73 Å². The molecule has 5 rings (SSSR count). The van der Waals surface area contributed by atoms with Crippen LogP contribution in [0.15, 0.2) is 42.6 Å². The summed E-state index contributed by atoms with van der Waals surface area (Å²) in [5.74, 6) is -0.0136. The zero-order chi connectivity index (χ0) is 25.8. The quantitative estimate of drug-likeness (QED) is 0.341. The van der Waals surface area contributed by atoms with Crippen molar-refractivity contribution in [2.75, 3.05) is 13.1 Å². The first-order valence-electron chi connectivity index (χ1n) is 11.4. The van der Waals surface area contributed by atoms with Gasteiger partial charge in [0, 0.05) is 36.8 Å². The van der Waals surface area contributed by atoms with Crippen LogP contribution in [0.1, 0.15) is 25.5 Å². The van der Waals surface area contributed by atoms with Gasteiger partial charge in [0.15, 0.2) is 11.5 Å². The van der Waals surface area contributed by atoms with Crippen molar-refractivity contribution >= 4 is 41.4 Å². The molecule has 206 valence electrons. The van der Waals surface area contributed by atoms with E-state index in [4.69, 9.17) is 10.5 Å². The molecule has 3 aromatic heterocycles. The molecule has 1 aliphatic heterocycles. The Hall–Kier alpha value is -2.77. The largest absolute Gasteiger partial charge is 0.489 e. The zero-order valence-corrected chi connectivity index (χ0v) is 21.9. The summed E-state index contributed by atoms with van der Waals surface area (Å²) in [5.41, 5.74) is 6.77. The number of hydrogen-bond donors (Lipinski definition) is 2. The number of likely N-dealkylation sites (tertiary alicyclic amines) is 1. The van der Waals surface area contributed by atoms with Crippen LogP contribution >= 0.6 is 24.8 Å². The van der Waals surface area contributed by atoms with Crippen molar-refractivity contribution in [2.45, 2.75) is 44.3 Å². The van der Waals surface area contributed by atoms with Gasteiger partial charge in [0.1, 0.15) is 28.8 Å². The van der Waals surface area contributed by atoms with Crippen LogP contribution < -0.4 is 10.5 Å². The molecule has 1 aliphatic rings. The molecule has 3 atom stereocenters. The lowest BCUT2D eigenvalue weighted by molar-refractivity contribution is -0.184. The first-order chi connectivity index (χ1) is 17.0. The van der Waals surface area contributed by atoms with E-state index in [0.717, 1.165) is 4.90 Å². The molecule has 1 fully saturated rings. The van der Waals surface area contributed by atoms with E-state index in [0.29, 0.717) is 22.2 Å². The van der Waals surface area contributed by atoms with E-state index in [2.05, 4.69) is 15.2 Å². The van der Waals surface area contributed by atoms with Crippen LogP contribution in [0.3, 0.4) is 0 Å². The third kappa shape index (κ3) is 5.64. The second-order valence-electron chi connectivity index (χ2n) is 9.18. The van der Waals surface area contributed by atoms with Gasteiger partial charge in [0.25, 0.3) is 0 Å². The molecule has 4 heterocycles. The van der Waals surface area contributed by atoms with Crippen molar-refractivity contribution in [1.82, 2.24) is 24.5 Å². The van der Waals surface area contributed by atoms with E-state index in [-0.39, 0.29) is 61.1 Å². The van der Waals surface area contributed by atoms with Crippen LogP contribution in [0.2, 0.25) is 0 Å². The second-order valence-corrected chi connectivity index (χ2v) is 9.18. The highest BCUT2D eigenvalue weighted by atomic mass is 35.5. The smallest absolute Gasteiger partial charge is 0.408 e. The van der Waals surface area contributed by atoms with Crippen LogP contribution in [0.5, 0.6) is 5.75 Å². The maximum atomic E-state index is 14.2. The minimum atomic E-state index is -4.61. The first-order valence-corrected chi connectivity index (χ1v) is 11.4. The molecule has 0 radical (unpaired) electrons. The summed E-state index contributed by atoms with van der Waals surface area (Å²) in [6, 6.07) is 5.85. The highest BCUT2D eigenvalue weighted by molar-refractivity contribution is 5.86. The lowest BCUT2D eigenvalue weighted by Gasteiger charge is -2.29. The highest BCUT2D eigenvalue weighted by Crippen LogP contribution is 2.39. The summed E-state index contributed by atoms with van der Waals surface area (Å²) in [5, 5.41) is 18.7. The lowest BCUT2D eigenvalue weighted by Crippen LogP contribution is -2.38. The number of aliphatic hydroxyl groups excluding tert-OH is 1. The van der Waals surface area contributed by atoms with Crippen molar-refractivity contribution in [3.8, 4) is 17.3 Å². The summed E-state index contributed by atoms with van der Waals surface area (Å²) >= 11 is 0. The van der Waals surface area contributed by atoms with Crippen molar-refractivity contribution in [3.63, 3.8) is 0 Å². The number of benzene rings is 1. The normalized spacial score (nSPS) is 19.0. The molecule has 1 saturated heterocycles. The Labute approximate surface area is 227 Å². The molecular weight excluding hydrogens is 551 g/mol. The molecule has 0 spiro atoms. The highest BCUT2D eigenvalue weighted by Gasteiger charge is 2.48. The van der Waals surface area contributed by atoms with Crippen LogP contribution in [-0.4, -0.2) is 67.1 Å². The van der Waals surface area contributed by atoms with Gasteiger partial charge in [-0.25, -0.2) is 9.37 Å². The minimum absolute atomic E-state index is 0. The fourth-order valence-corrected chi connectivity index (χ4v) is 4.54. The number of β-amino-alcohol motifs (C(OH)–C–C–N with tert-alkyl or cyclic N) is 1. The third-order valence-electron chi connectivity index (χ3n) is 6.09. The van der Waals surface area contributed by atoms with Gasteiger partial charge in [-0.05, 0) is 37.6 Å². The SMILES string of the molecule is CC(C)Oc1cc(F)cc2ccc(-c3nnc4ccc([C@@H](N5C[C@@H](N)[C@@H](O)C5)C(F)(F)F)cn34)nc12.Cl.Cl. The fraction of sp³-hybridized carbons (Fsp3) is 0.375. The van der Waals surface area contributed by atoms with Gasteiger partial charge in [-0.15, -0.1) is 35.0 Å². The van der Waals surface area contributed by atoms with Gasteiger partial charge < -0.3 is 15.6 Å². The minimum Gasteiger partial charge on any atom is -0.489 e. The molecule has 14 heteroatoms. The number of aromatic nitrogens is 4. The number of ether oxygens (including phenoxy) is 1. The number of nitrogens with zero attached hydrogens (tertiary/aromatic N) is 5. The Morgan fingerprint density at radius 3 is 2.45 bits per heavy atom. The Kier molecular flexibility index (Phi) is 8.74. The van der Waals surface area contributed by atoms with Gasteiger partial charge in [-0.1, -0.05) is 12.1 Å². The zero-order valence-electron chi connectivity index (χ0n) is 20.3. The molecule has 8 nitrogen and oxygen atoms in total. The standard InChI is InChI=1S/C24H24F4N6O2.2ClH/c1-12(2)36-19-8-15(25)7-13-3-5-17(30-21(13)19)23-32-31-20-6-4-14(9-34(20)23)22(24(26,27)28)33-10-16(29)18(35)11-33;;/h3-9,12,16,18,22,35H,10-11,29H2,1-2H3;2*1H/t16-,18+,22-;;/m1../s1. The molecule has 0 bridgehead atoms. The maximum absolute atomic E-state index is 14.2. The number of halogens is 6. The van der Waals surface area contributed by atoms with E-state index >= 15 is 0 Å². The number of nitrogens with two attached hydrogens (primary N) is 1. The second kappa shape index (κ2) is 11.1. The number of pyridine rings is 2. The predicted molar refractivity (Wildman–Crippen MR) is 138 cm³/mol. The molecule has 1 aromatic carbocycles. The number of aliphatic hydroxyl groups is 1. The van der Waals surface area contributed by atoms with Gasteiger partial charge in [-0.3, -0.25) is 9.30 Å². The number of hydrogen-bond acceptors (Lipinski definition) is 7. The van der Waals surface area contributed by atoms with Crippen LogP contribution in [0.4, 0.5) is 17.6 Å². The summed E-state index contributed by atoms with van der Waals surface area (Å²) in [6.07, 6.45) is -4.56. The average molecular weight is 577 g/mol. The first kappa shape index (κ1) is 29.8. The molecule has 0 aliphatic carbocycles. The molecule has 0 unspecified atom stereocenters. The molecular formula is C24H26Cl2F4N6O2. The average Bonchev–Trinajstić information content (AvgIpc) is 3.34. The van der Waals surface area contributed by atoms with Crippen LogP contribution in [0.25, 0.3) is 28.1 Å². The van der Waals surface area contributed by atoms with E-state index in [1.165, 1.54) is 34.9 Å². The topological polar surface area (TPSA) is 102 Å². The molecule has 3 N–H and O–H groups in total. The van der Waals surface area contributed by atoms with Crippen molar-refractivity contribution in [1.29, 1.82) is 0 Å². The number of fused-ring (bicyclic) bond motifs is 2. The van der Waals surface area contributed by atoms with Crippen LogP contribution in [-0.2, 0) is 0 Å². The molecule has 38 heavy (non-hydrogen) atoms. The van der Waals surface area contributed by atoms with Gasteiger partial charge in [0.05, 0.1) is 12.2 Å². The Balaban J connectivity index is 0.00000200. The number of rotatable bonds is 5. The number of alkyl halides is 3. The third-order valence-corrected chi connectivity index (χ3v) is 6.09. The van der Waals surface area contributed by atoms with Crippen molar-refractivity contribution in [3.05, 3.63) is 54.0 Å². The Bertz CT molecular complexity index is 1420. The lowest BCUT2D eigenvalue weighted by atomic mass is 10.1. The summed E-state index contributed by atoms with van der Waals surface area (Å²) in [6.45, 7) is 3.31. The molecule has 0 amide bonds. The fourth-order valence-electron chi connectivity index (χ4n) is 4.54. The summed E-state index contributed by atoms with van der Waals surface area (Å²) in [4.78, 5) is 5.71. The summed E-state index contributed by atoms with van der Waals surface area (Å²) in [7, 11) is 0. The van der Waals surface area contributed by atoms with E-state index in [1.807, 2.05) is 0 Å².